The molecule has 0 aliphatic carbocycles. The summed E-state index contributed by atoms with van der Waals surface area (Å²) in [6, 6.07) is 25.2. The number of rotatable bonds is 12. The van der Waals surface area contributed by atoms with E-state index in [4.69, 9.17) is 31.6 Å². The maximum absolute atomic E-state index is 9.12. The van der Waals surface area contributed by atoms with Crippen LogP contribution in [-0.2, 0) is 19.3 Å². The van der Waals surface area contributed by atoms with Crippen molar-refractivity contribution in [3.8, 4) is 17.6 Å². The van der Waals surface area contributed by atoms with E-state index < -0.39 is 20.1 Å². The Hall–Kier alpha value is -2.76. The van der Waals surface area contributed by atoms with Crippen LogP contribution in [0.2, 0.25) is 0 Å². The van der Waals surface area contributed by atoms with Gasteiger partial charge in [-0.2, -0.15) is 5.26 Å². The van der Waals surface area contributed by atoms with Crippen LogP contribution in [-0.4, -0.2) is 56.0 Å². The lowest BCUT2D eigenvalue weighted by molar-refractivity contribution is 0.0315. The van der Waals surface area contributed by atoms with Crippen LogP contribution in [0.4, 0.5) is 0 Å². The van der Waals surface area contributed by atoms with Crippen LogP contribution in [0.1, 0.15) is 68.4 Å². The molecule has 2 aliphatic rings. The van der Waals surface area contributed by atoms with E-state index >= 15 is 0 Å². The van der Waals surface area contributed by atoms with Gasteiger partial charge in [-0.3, -0.25) is 5.32 Å². The number of ether oxygens (including phenoxy) is 2. The lowest BCUT2D eigenvalue weighted by Crippen LogP contribution is -2.54. The lowest BCUT2D eigenvalue weighted by atomic mass is 9.73. The lowest BCUT2D eigenvalue weighted by Gasteiger charge is -2.44. The normalized spacial score (nSPS) is 21.1. The van der Waals surface area contributed by atoms with Crippen LogP contribution in [0.25, 0.3) is 0 Å². The van der Waals surface area contributed by atoms with Gasteiger partial charge in [0.1, 0.15) is 24.9 Å². The smallest absolute Gasteiger partial charge is 0.259 e. The van der Waals surface area contributed by atoms with Crippen molar-refractivity contribution < 1.29 is 18.5 Å². The zero-order valence-corrected chi connectivity index (χ0v) is 27.5. The van der Waals surface area contributed by atoms with Crippen molar-refractivity contribution in [2.45, 2.75) is 90.2 Å². The average molecular weight is 612 g/mol. The van der Waals surface area contributed by atoms with Gasteiger partial charge in [0, 0.05) is 35.3 Å². The van der Waals surface area contributed by atoms with Crippen LogP contribution in [0.3, 0.4) is 0 Å². The number of nitriles is 1. The molecular formula is C35H43BN3O4P. The first-order valence-electron chi connectivity index (χ1n) is 15.5. The molecule has 1 fully saturated rings. The van der Waals surface area contributed by atoms with Crippen LogP contribution in [0.5, 0.6) is 11.5 Å². The van der Waals surface area contributed by atoms with Crippen molar-refractivity contribution in [3.63, 3.8) is 0 Å². The minimum Gasteiger partial charge on any atom is -0.457 e. The molecule has 7 nitrogen and oxygen atoms in total. The minimum absolute atomic E-state index is 0.146. The summed E-state index contributed by atoms with van der Waals surface area (Å²) in [5.74, 6) is 1.64. The molecule has 0 bridgehead atoms. The number of aryl methyl sites for hydroxylation is 2. The highest BCUT2D eigenvalue weighted by atomic mass is 31.2. The summed E-state index contributed by atoms with van der Waals surface area (Å²) in [4.78, 5) is 0. The molecule has 1 N–H and O–H groups in total. The van der Waals surface area contributed by atoms with Gasteiger partial charge in [0.05, 0.1) is 31.8 Å². The molecular weight excluding hydrogens is 568 g/mol. The fraction of sp³-hybridized carbons (Fsp3) is 0.457. The van der Waals surface area contributed by atoms with Crippen LogP contribution < -0.4 is 10.1 Å². The molecule has 2 aliphatic heterocycles. The highest BCUT2D eigenvalue weighted by Gasteiger charge is 2.48. The third-order valence-electron chi connectivity index (χ3n) is 8.20. The maximum Gasteiger partial charge on any atom is 0.259 e. The highest BCUT2D eigenvalue weighted by Crippen LogP contribution is 2.52. The molecule has 4 unspecified atom stereocenters. The average Bonchev–Trinajstić information content (AvgIpc) is 3.34. The predicted molar refractivity (Wildman–Crippen MR) is 176 cm³/mol. The summed E-state index contributed by atoms with van der Waals surface area (Å²) in [6.07, 6.45) is 0.582. The molecule has 0 amide bonds. The molecule has 9 heteroatoms. The van der Waals surface area contributed by atoms with Gasteiger partial charge in [0.25, 0.3) is 8.53 Å². The fourth-order valence-corrected chi connectivity index (χ4v) is 7.98. The van der Waals surface area contributed by atoms with Crippen molar-refractivity contribution in [2.75, 3.05) is 13.2 Å². The third-order valence-corrected chi connectivity index (χ3v) is 10.3. The van der Waals surface area contributed by atoms with Crippen molar-refractivity contribution >= 4 is 16.4 Å². The molecule has 3 aromatic rings. The maximum atomic E-state index is 9.12. The molecule has 3 aromatic carbocycles. The molecule has 2 radical (unpaired) electrons. The Morgan fingerprint density at radius 1 is 0.977 bits per heavy atom. The number of nitrogens with zero attached hydrogens (tertiary/aromatic N) is 2. The Balaban J connectivity index is 1.54. The number of nitrogens with one attached hydrogen (secondary N) is 1. The zero-order chi connectivity index (χ0) is 31.4. The monoisotopic (exact) mass is 611 g/mol. The zero-order valence-electron chi connectivity index (χ0n) is 26.6. The van der Waals surface area contributed by atoms with Crippen LogP contribution in [0, 0.1) is 25.2 Å². The molecule has 4 atom stereocenters. The first kappa shape index (κ1) is 32.6. The second kappa shape index (κ2) is 14.1. The third kappa shape index (κ3) is 6.75. The quantitative estimate of drug-likeness (QED) is 0.132. The van der Waals surface area contributed by atoms with E-state index in [0.29, 0.717) is 26.1 Å². The topological polar surface area (TPSA) is 76.0 Å². The molecule has 0 aromatic heterocycles. The van der Waals surface area contributed by atoms with Crippen LogP contribution in [0.15, 0.2) is 66.7 Å². The van der Waals surface area contributed by atoms with Gasteiger partial charge in [-0.05, 0) is 77.8 Å². The molecule has 1 saturated heterocycles. The van der Waals surface area contributed by atoms with Crippen LogP contribution >= 0.6 is 8.53 Å². The minimum atomic E-state index is -1.42. The van der Waals surface area contributed by atoms with E-state index in [0.717, 1.165) is 39.3 Å². The number of hydrogen-bond acceptors (Lipinski definition) is 7. The number of hydrogen-bond donors (Lipinski definition) is 1. The Bertz CT molecular complexity index is 1400. The molecule has 44 heavy (non-hydrogen) atoms. The van der Waals surface area contributed by atoms with Crippen molar-refractivity contribution in [3.05, 3.63) is 94.5 Å². The van der Waals surface area contributed by atoms with Gasteiger partial charge >= 0.3 is 0 Å². The van der Waals surface area contributed by atoms with Gasteiger partial charge in [-0.1, -0.05) is 53.6 Å². The second-order valence-corrected chi connectivity index (χ2v) is 13.7. The van der Waals surface area contributed by atoms with Crippen molar-refractivity contribution in [1.82, 2.24) is 9.99 Å². The Labute approximate surface area is 265 Å². The Morgan fingerprint density at radius 3 is 2.16 bits per heavy atom. The van der Waals surface area contributed by atoms with E-state index in [1.807, 2.05) is 6.07 Å². The summed E-state index contributed by atoms with van der Waals surface area (Å²) >= 11 is 0. The second-order valence-electron chi connectivity index (χ2n) is 12.3. The first-order valence-corrected chi connectivity index (χ1v) is 16.6. The summed E-state index contributed by atoms with van der Waals surface area (Å²) in [6.45, 7) is 13.3. The van der Waals surface area contributed by atoms with Gasteiger partial charge < -0.3 is 18.5 Å². The summed E-state index contributed by atoms with van der Waals surface area (Å²) in [7, 11) is 5.07. The van der Waals surface area contributed by atoms with Gasteiger partial charge in [-0.15, -0.1) is 0 Å². The fourth-order valence-electron chi connectivity index (χ4n) is 6.37. The highest BCUT2D eigenvalue weighted by molar-refractivity contribution is 7.44. The van der Waals surface area contributed by atoms with Crippen molar-refractivity contribution in [2.24, 2.45) is 0 Å². The van der Waals surface area contributed by atoms with E-state index in [-0.39, 0.29) is 24.2 Å². The summed E-state index contributed by atoms with van der Waals surface area (Å²) in [5, 5.41) is 13.2. The first-order chi connectivity index (χ1) is 21.1. The molecule has 0 saturated carbocycles. The van der Waals surface area contributed by atoms with E-state index in [2.05, 4.69) is 118 Å². The Morgan fingerprint density at radius 2 is 1.59 bits per heavy atom. The number of fused-ring (bicyclic) bond motifs is 2. The van der Waals surface area contributed by atoms with E-state index in [9.17, 15) is 0 Å². The SMILES string of the molecule is [B]C1CC(NC2(c3ccccc3)c3cc(C)ccc3Oc3ccc(C)cc32)C(COP(OCCC#N)N(C(C)C)C(C)C)O1. The molecule has 2 heterocycles. The largest absolute Gasteiger partial charge is 0.457 e. The van der Waals surface area contributed by atoms with Gasteiger partial charge in [0.15, 0.2) is 0 Å². The van der Waals surface area contributed by atoms with E-state index in [1.54, 1.807) is 0 Å². The van der Waals surface area contributed by atoms with Gasteiger partial charge in [0.2, 0.25) is 0 Å². The van der Waals surface area contributed by atoms with Gasteiger partial charge in [-0.25, -0.2) is 4.67 Å². The molecule has 5 rings (SSSR count). The molecule has 230 valence electrons. The van der Waals surface area contributed by atoms with Crippen molar-refractivity contribution in [1.29, 1.82) is 5.26 Å². The Kier molecular flexibility index (Phi) is 10.5. The standard InChI is InChI=1S/C35H43BN3O4P/c1-23(2)39(24(3)4)44(40-18-10-17-37)41-22-33-30(21-34(36)43-33)38-35(27-11-8-7-9-12-27)28-19-25(5)13-15-31(28)42-32-16-14-26(6)20-29(32)35/h7-9,11-16,19-20,23-24,30,33-34,38H,10,18,21-22H2,1-6H3. The summed E-state index contributed by atoms with van der Waals surface area (Å²) in [5.41, 5.74) is 4.77. The predicted octanol–water partition coefficient (Wildman–Crippen LogP) is 7.24. The molecule has 0 spiro atoms. The number of benzene rings is 3. The van der Waals surface area contributed by atoms with E-state index in [1.165, 1.54) is 0 Å². The summed E-state index contributed by atoms with van der Waals surface area (Å²) < 4.78 is 27.8.